The van der Waals surface area contributed by atoms with E-state index in [0.29, 0.717) is 30.7 Å². The second-order valence-electron chi connectivity index (χ2n) is 9.26. The predicted molar refractivity (Wildman–Crippen MR) is 141 cm³/mol. The zero-order valence-electron chi connectivity index (χ0n) is 20.3. The number of Topliss-reactive ketones (excluding diaryl/α,β-unsaturated/α-hetero) is 1. The summed E-state index contributed by atoms with van der Waals surface area (Å²) in [5.41, 5.74) is 3.36. The molecule has 0 fully saturated rings. The van der Waals surface area contributed by atoms with E-state index in [1.54, 1.807) is 0 Å². The molecule has 7 heteroatoms. The lowest BCUT2D eigenvalue weighted by atomic mass is 9.72. The lowest BCUT2D eigenvalue weighted by Gasteiger charge is -2.41. The number of halogens is 1. The van der Waals surface area contributed by atoms with E-state index in [-0.39, 0.29) is 40.3 Å². The molecule has 0 aromatic heterocycles. The Bertz CT molecular complexity index is 1400. The largest absolute Gasteiger partial charge is 0.494 e. The highest BCUT2D eigenvalue weighted by atomic mass is 35.5. The average molecular weight is 516 g/mol. The van der Waals surface area contributed by atoms with Crippen molar-refractivity contribution in [1.82, 2.24) is 0 Å². The van der Waals surface area contributed by atoms with E-state index < -0.39 is 11.9 Å². The molecular formula is C30H26ClNO5. The minimum Gasteiger partial charge on any atom is -0.494 e. The summed E-state index contributed by atoms with van der Waals surface area (Å²) in [7, 11) is 0. The van der Waals surface area contributed by atoms with Crippen LogP contribution < -0.4 is 9.64 Å². The number of carboxylic acids is 1. The highest BCUT2D eigenvalue weighted by molar-refractivity contribution is 6.34. The molecule has 1 aliphatic carbocycles. The fraction of sp³-hybridized carbons (Fsp3) is 0.233. The zero-order chi connectivity index (χ0) is 26.1. The summed E-state index contributed by atoms with van der Waals surface area (Å²) in [5.74, 6) is -1.16. The van der Waals surface area contributed by atoms with E-state index in [2.05, 4.69) is 0 Å². The van der Waals surface area contributed by atoms with Crippen LogP contribution in [0.3, 0.4) is 0 Å². The minimum atomic E-state index is -1.12. The van der Waals surface area contributed by atoms with Crippen molar-refractivity contribution in [2.24, 2.45) is 0 Å². The molecule has 1 amide bonds. The molecule has 2 atom stereocenters. The maximum Gasteiger partial charge on any atom is 0.335 e. The van der Waals surface area contributed by atoms with Gasteiger partial charge in [0.2, 0.25) is 5.91 Å². The first-order valence-electron chi connectivity index (χ1n) is 12.3. The van der Waals surface area contributed by atoms with Gasteiger partial charge >= 0.3 is 5.97 Å². The van der Waals surface area contributed by atoms with Gasteiger partial charge in [0.1, 0.15) is 5.75 Å². The number of carbonyl (C=O) groups is 3. The summed E-state index contributed by atoms with van der Waals surface area (Å²) >= 11 is 6.51. The van der Waals surface area contributed by atoms with Crippen LogP contribution in [0.2, 0.25) is 5.02 Å². The molecule has 188 valence electrons. The van der Waals surface area contributed by atoms with Crippen molar-refractivity contribution in [2.45, 2.75) is 38.0 Å². The Balaban J connectivity index is 1.65. The first-order valence-corrected chi connectivity index (χ1v) is 12.6. The van der Waals surface area contributed by atoms with Crippen molar-refractivity contribution >= 4 is 34.9 Å². The molecule has 0 spiro atoms. The highest BCUT2D eigenvalue weighted by Gasteiger charge is 2.43. The van der Waals surface area contributed by atoms with Gasteiger partial charge in [0, 0.05) is 30.0 Å². The standard InChI is InChI=1S/C30H26ClNO5/c1-2-37-22-11-8-19(9-12-22)23-17-28(34)32(25-14-20(30(35)36)10-13-24(25)31)26-15-21(16-27(33)29(23)26)18-6-4-3-5-7-18/h3-14,21,23H,2,15-17H2,1H3,(H,35,36). The molecule has 2 unspecified atom stereocenters. The molecule has 1 N–H and O–H groups in total. The number of rotatable bonds is 6. The smallest absolute Gasteiger partial charge is 0.335 e. The molecule has 0 saturated carbocycles. The van der Waals surface area contributed by atoms with Gasteiger partial charge in [-0.25, -0.2) is 4.79 Å². The van der Waals surface area contributed by atoms with Crippen LogP contribution in [0.5, 0.6) is 5.75 Å². The van der Waals surface area contributed by atoms with Crippen molar-refractivity contribution in [3.63, 3.8) is 0 Å². The first kappa shape index (κ1) is 24.8. The number of amides is 1. The molecule has 0 radical (unpaired) electrons. The number of anilines is 1. The zero-order valence-corrected chi connectivity index (χ0v) is 21.1. The molecule has 5 rings (SSSR count). The van der Waals surface area contributed by atoms with Gasteiger partial charge in [-0.05, 0) is 60.7 Å². The van der Waals surface area contributed by atoms with E-state index in [1.165, 1.54) is 23.1 Å². The Labute approximate surface area is 220 Å². The number of hydrogen-bond donors (Lipinski definition) is 1. The number of ketones is 1. The summed E-state index contributed by atoms with van der Waals surface area (Å²) in [5, 5.41) is 9.81. The van der Waals surface area contributed by atoms with Crippen LogP contribution in [-0.4, -0.2) is 29.4 Å². The Kier molecular flexibility index (Phi) is 6.85. The SMILES string of the molecule is CCOc1ccc(C2CC(=O)N(c3cc(C(=O)O)ccc3Cl)C3=C2C(=O)CC(c2ccccc2)C3)cc1. The van der Waals surface area contributed by atoms with Crippen LogP contribution in [0.25, 0.3) is 0 Å². The predicted octanol–water partition coefficient (Wildman–Crippen LogP) is 6.36. The molecule has 37 heavy (non-hydrogen) atoms. The van der Waals surface area contributed by atoms with E-state index in [4.69, 9.17) is 16.3 Å². The fourth-order valence-electron chi connectivity index (χ4n) is 5.34. The van der Waals surface area contributed by atoms with Crippen molar-refractivity contribution < 1.29 is 24.2 Å². The molecule has 3 aromatic carbocycles. The quantitative estimate of drug-likeness (QED) is 0.413. The van der Waals surface area contributed by atoms with Crippen LogP contribution in [0.15, 0.2) is 84.1 Å². The fourth-order valence-corrected chi connectivity index (χ4v) is 5.54. The normalized spacial score (nSPS) is 19.6. The second-order valence-corrected chi connectivity index (χ2v) is 9.67. The maximum atomic E-state index is 13.8. The molecule has 3 aromatic rings. The average Bonchev–Trinajstić information content (AvgIpc) is 2.90. The topological polar surface area (TPSA) is 83.9 Å². The van der Waals surface area contributed by atoms with Crippen LogP contribution in [0.1, 0.15) is 59.5 Å². The van der Waals surface area contributed by atoms with Gasteiger partial charge in [-0.15, -0.1) is 0 Å². The summed E-state index contributed by atoms with van der Waals surface area (Å²) in [6.07, 6.45) is 0.863. The molecular weight excluding hydrogens is 490 g/mol. The van der Waals surface area contributed by atoms with E-state index >= 15 is 0 Å². The number of allylic oxidation sites excluding steroid dienone is 2. The van der Waals surface area contributed by atoms with Crippen LogP contribution in [0, 0.1) is 0 Å². The molecule has 6 nitrogen and oxygen atoms in total. The van der Waals surface area contributed by atoms with Crippen molar-refractivity contribution in [1.29, 1.82) is 0 Å². The Morgan fingerprint density at radius 3 is 2.38 bits per heavy atom. The number of carboxylic acid groups (broad SMARTS) is 1. The van der Waals surface area contributed by atoms with E-state index in [1.807, 2.05) is 61.5 Å². The molecule has 1 aliphatic heterocycles. The van der Waals surface area contributed by atoms with Crippen LogP contribution in [0.4, 0.5) is 5.69 Å². The Hall–Kier alpha value is -3.90. The monoisotopic (exact) mass is 515 g/mol. The van der Waals surface area contributed by atoms with Gasteiger partial charge in [0.15, 0.2) is 5.78 Å². The third-order valence-electron chi connectivity index (χ3n) is 7.03. The molecule has 0 bridgehead atoms. The molecule has 2 aliphatic rings. The number of nitrogens with zero attached hydrogens (tertiary/aromatic N) is 1. The Morgan fingerprint density at radius 2 is 1.70 bits per heavy atom. The van der Waals surface area contributed by atoms with Crippen molar-refractivity contribution in [3.8, 4) is 5.75 Å². The maximum absolute atomic E-state index is 13.8. The van der Waals surface area contributed by atoms with Gasteiger partial charge in [-0.1, -0.05) is 54.1 Å². The molecule has 0 saturated heterocycles. The van der Waals surface area contributed by atoms with Gasteiger partial charge in [0.25, 0.3) is 0 Å². The van der Waals surface area contributed by atoms with E-state index in [9.17, 15) is 19.5 Å². The van der Waals surface area contributed by atoms with E-state index in [0.717, 1.165) is 16.9 Å². The minimum absolute atomic E-state index is 0.0167. The van der Waals surface area contributed by atoms with Gasteiger partial charge in [-0.3, -0.25) is 14.5 Å². The number of hydrogen-bond acceptors (Lipinski definition) is 4. The number of benzene rings is 3. The summed E-state index contributed by atoms with van der Waals surface area (Å²) < 4.78 is 5.56. The van der Waals surface area contributed by atoms with Crippen LogP contribution >= 0.6 is 11.6 Å². The lowest BCUT2D eigenvalue weighted by Crippen LogP contribution is -2.42. The second kappa shape index (κ2) is 10.2. The van der Waals surface area contributed by atoms with Crippen LogP contribution in [-0.2, 0) is 9.59 Å². The summed E-state index contributed by atoms with van der Waals surface area (Å²) in [4.78, 5) is 40.7. The highest BCUT2D eigenvalue weighted by Crippen LogP contribution is 2.48. The number of aromatic carboxylic acids is 1. The molecule has 1 heterocycles. The van der Waals surface area contributed by atoms with Crippen molar-refractivity contribution in [2.75, 3.05) is 11.5 Å². The first-order chi connectivity index (χ1) is 17.9. The van der Waals surface area contributed by atoms with Crippen molar-refractivity contribution in [3.05, 3.63) is 106 Å². The number of ether oxygens (including phenoxy) is 1. The lowest BCUT2D eigenvalue weighted by molar-refractivity contribution is -0.120. The van der Waals surface area contributed by atoms with Gasteiger partial charge in [0.05, 0.1) is 22.9 Å². The Morgan fingerprint density at radius 1 is 0.973 bits per heavy atom. The number of carbonyl (C=O) groups excluding carboxylic acids is 2. The third-order valence-corrected chi connectivity index (χ3v) is 7.35. The summed E-state index contributed by atoms with van der Waals surface area (Å²) in [6, 6.07) is 21.6. The van der Waals surface area contributed by atoms with Gasteiger partial charge < -0.3 is 9.84 Å². The van der Waals surface area contributed by atoms with Gasteiger partial charge in [-0.2, -0.15) is 0 Å². The summed E-state index contributed by atoms with van der Waals surface area (Å²) in [6.45, 7) is 2.45. The third kappa shape index (κ3) is 4.77.